The number of hydrogen-bond acceptors (Lipinski definition) is 0. The molecule has 0 N–H and O–H groups in total. The molecule has 0 amide bonds. The second kappa shape index (κ2) is 5.80. The molecule has 0 nitrogen and oxygen atoms in total. The Morgan fingerprint density at radius 1 is 1.11 bits per heavy atom. The first-order chi connectivity index (χ1) is 8.57. The molecule has 2 rings (SSSR count). The third kappa shape index (κ3) is 3.52. The third-order valence-electron chi connectivity index (χ3n) is 3.21. The SMILES string of the molecule is [CH3][Sn]([CH3])([CH3])[C]1=CC=CC1CC#Cc1ccccc1. The average molecular weight is 343 g/mol. The summed E-state index contributed by atoms with van der Waals surface area (Å²) in [5.41, 5.74) is 1.12. The molecule has 1 atom stereocenters. The number of benzene rings is 1. The van der Waals surface area contributed by atoms with E-state index in [-0.39, 0.29) is 0 Å². The van der Waals surface area contributed by atoms with E-state index in [2.05, 4.69) is 57.0 Å². The van der Waals surface area contributed by atoms with Gasteiger partial charge in [0, 0.05) is 0 Å². The van der Waals surface area contributed by atoms with Gasteiger partial charge in [0.15, 0.2) is 0 Å². The molecule has 0 aromatic heterocycles. The number of hydrogen-bond donors (Lipinski definition) is 0. The van der Waals surface area contributed by atoms with Crippen molar-refractivity contribution in [1.29, 1.82) is 0 Å². The Labute approximate surface area is 115 Å². The molecule has 1 unspecified atom stereocenters. The van der Waals surface area contributed by atoms with Gasteiger partial charge in [0.25, 0.3) is 0 Å². The summed E-state index contributed by atoms with van der Waals surface area (Å²) in [6.07, 6.45) is 7.83. The van der Waals surface area contributed by atoms with E-state index in [9.17, 15) is 0 Å². The summed E-state index contributed by atoms with van der Waals surface area (Å²) in [6, 6.07) is 10.2. The van der Waals surface area contributed by atoms with Gasteiger partial charge in [0.05, 0.1) is 0 Å². The summed E-state index contributed by atoms with van der Waals surface area (Å²) in [5.74, 6) is 7.17. The molecule has 92 valence electrons. The van der Waals surface area contributed by atoms with Crippen LogP contribution in [0.1, 0.15) is 12.0 Å². The van der Waals surface area contributed by atoms with Crippen molar-refractivity contribution in [2.45, 2.75) is 21.2 Å². The molecule has 0 saturated heterocycles. The van der Waals surface area contributed by atoms with Crippen molar-refractivity contribution in [2.75, 3.05) is 0 Å². The molecular formula is C17H20Sn. The summed E-state index contributed by atoms with van der Waals surface area (Å²) in [5, 5.41) is 0. The Hall–Kier alpha value is -0.941. The van der Waals surface area contributed by atoms with Crippen LogP contribution in [0.2, 0.25) is 14.8 Å². The first-order valence-corrected chi connectivity index (χ1v) is 16.5. The maximum atomic E-state index is 3.34. The fourth-order valence-corrected chi connectivity index (χ4v) is 7.73. The van der Waals surface area contributed by atoms with Crippen molar-refractivity contribution < 1.29 is 0 Å². The van der Waals surface area contributed by atoms with Crippen LogP contribution in [0.5, 0.6) is 0 Å². The number of rotatable bonds is 2. The van der Waals surface area contributed by atoms with Crippen LogP contribution in [-0.4, -0.2) is 18.4 Å². The molecule has 0 bridgehead atoms. The van der Waals surface area contributed by atoms with Crippen LogP contribution in [0.25, 0.3) is 0 Å². The van der Waals surface area contributed by atoms with Crippen molar-refractivity contribution in [3.63, 3.8) is 0 Å². The summed E-state index contributed by atoms with van der Waals surface area (Å²) in [4.78, 5) is 7.43. The predicted octanol–water partition coefficient (Wildman–Crippen LogP) is 4.42. The quantitative estimate of drug-likeness (QED) is 0.551. The summed E-state index contributed by atoms with van der Waals surface area (Å²) in [6.45, 7) is 0. The van der Waals surface area contributed by atoms with Crippen molar-refractivity contribution in [3.8, 4) is 11.8 Å². The van der Waals surface area contributed by atoms with Crippen LogP contribution in [-0.2, 0) is 0 Å². The normalized spacial score (nSPS) is 18.2. The first-order valence-electron chi connectivity index (χ1n) is 6.50. The zero-order chi connectivity index (χ0) is 13.0. The van der Waals surface area contributed by atoms with Crippen LogP contribution in [0.15, 0.2) is 52.1 Å². The minimum absolute atomic E-state index is 0.581. The van der Waals surface area contributed by atoms with Crippen LogP contribution < -0.4 is 0 Å². The Morgan fingerprint density at radius 2 is 1.83 bits per heavy atom. The molecule has 1 heteroatoms. The maximum absolute atomic E-state index is 3.34. The van der Waals surface area contributed by atoms with Crippen LogP contribution in [0, 0.1) is 17.8 Å². The van der Waals surface area contributed by atoms with Gasteiger partial charge >= 0.3 is 115 Å². The molecule has 0 spiro atoms. The fourth-order valence-electron chi connectivity index (χ4n) is 2.29. The molecule has 0 saturated carbocycles. The van der Waals surface area contributed by atoms with Crippen molar-refractivity contribution >= 4 is 18.4 Å². The Morgan fingerprint density at radius 3 is 2.50 bits per heavy atom. The van der Waals surface area contributed by atoms with Crippen LogP contribution >= 0.6 is 0 Å². The standard InChI is InChI=1S/C14H11.3CH3.Sn/c1-2-7-13(8-3-1)11-6-12-14-9-4-5-10-14;;;;/h1-5,7-9,14H,12H2;3*1H3;. The van der Waals surface area contributed by atoms with E-state index >= 15 is 0 Å². The van der Waals surface area contributed by atoms with Gasteiger partial charge < -0.3 is 0 Å². The molecule has 1 aromatic carbocycles. The molecule has 0 fully saturated rings. The van der Waals surface area contributed by atoms with E-state index in [4.69, 9.17) is 0 Å². The van der Waals surface area contributed by atoms with E-state index in [0.29, 0.717) is 5.92 Å². The van der Waals surface area contributed by atoms with Gasteiger partial charge in [-0.25, -0.2) is 0 Å². The van der Waals surface area contributed by atoms with Crippen molar-refractivity contribution in [3.05, 3.63) is 57.7 Å². The van der Waals surface area contributed by atoms with E-state index in [1.807, 2.05) is 18.2 Å². The average Bonchev–Trinajstić information content (AvgIpc) is 2.78. The van der Waals surface area contributed by atoms with Crippen LogP contribution in [0.4, 0.5) is 0 Å². The third-order valence-corrected chi connectivity index (χ3v) is 9.69. The van der Waals surface area contributed by atoms with E-state index in [1.54, 1.807) is 3.59 Å². The van der Waals surface area contributed by atoms with E-state index < -0.39 is 18.4 Å². The fraction of sp³-hybridized carbons (Fsp3) is 0.294. The Kier molecular flexibility index (Phi) is 4.35. The Bertz CT molecular complexity index is 518. The second-order valence-corrected chi connectivity index (χ2v) is 20.2. The van der Waals surface area contributed by atoms with Gasteiger partial charge in [-0.3, -0.25) is 0 Å². The molecule has 1 aliphatic rings. The van der Waals surface area contributed by atoms with E-state index in [1.165, 1.54) is 0 Å². The van der Waals surface area contributed by atoms with Crippen LogP contribution in [0.3, 0.4) is 0 Å². The van der Waals surface area contributed by atoms with Gasteiger partial charge in [0.1, 0.15) is 0 Å². The summed E-state index contributed by atoms with van der Waals surface area (Å²) in [7, 11) is 0. The van der Waals surface area contributed by atoms with Gasteiger partial charge in [-0.15, -0.1) is 0 Å². The molecule has 18 heavy (non-hydrogen) atoms. The molecule has 1 aromatic rings. The first kappa shape index (κ1) is 13.5. The van der Waals surface area contributed by atoms with Crippen molar-refractivity contribution in [2.24, 2.45) is 5.92 Å². The predicted molar refractivity (Wildman–Crippen MR) is 82.0 cm³/mol. The zero-order valence-corrected chi connectivity index (χ0v) is 14.3. The summed E-state index contributed by atoms with van der Waals surface area (Å²) >= 11 is -1.91. The topological polar surface area (TPSA) is 0 Å². The molecule has 0 aliphatic heterocycles. The monoisotopic (exact) mass is 344 g/mol. The second-order valence-electron chi connectivity index (χ2n) is 5.74. The van der Waals surface area contributed by atoms with Gasteiger partial charge in [-0.1, -0.05) is 0 Å². The number of allylic oxidation sites excluding steroid dienone is 4. The van der Waals surface area contributed by atoms with Crippen molar-refractivity contribution in [1.82, 2.24) is 0 Å². The summed E-state index contributed by atoms with van der Waals surface area (Å²) < 4.78 is 1.70. The molecule has 0 heterocycles. The molecule has 1 aliphatic carbocycles. The molecular weight excluding hydrogens is 323 g/mol. The van der Waals surface area contributed by atoms with Gasteiger partial charge in [0.2, 0.25) is 0 Å². The van der Waals surface area contributed by atoms with Gasteiger partial charge in [-0.05, 0) is 0 Å². The molecule has 0 radical (unpaired) electrons. The Balaban J connectivity index is 2.02. The van der Waals surface area contributed by atoms with E-state index in [0.717, 1.165) is 12.0 Å². The minimum atomic E-state index is -1.91. The van der Waals surface area contributed by atoms with Gasteiger partial charge in [-0.2, -0.15) is 0 Å². The zero-order valence-electron chi connectivity index (χ0n) is 11.4.